The minimum atomic E-state index is 0.103. The van der Waals surface area contributed by atoms with Crippen LogP contribution in [0.1, 0.15) is 76.7 Å². The van der Waals surface area contributed by atoms with Gasteiger partial charge in [-0.2, -0.15) is 0 Å². The van der Waals surface area contributed by atoms with Crippen LogP contribution < -0.4 is 20.5 Å². The van der Waals surface area contributed by atoms with E-state index in [2.05, 4.69) is 24.4 Å². The first-order valence-electron chi connectivity index (χ1n) is 11.1. The lowest BCUT2D eigenvalue weighted by atomic mass is 10.1. The summed E-state index contributed by atoms with van der Waals surface area (Å²) in [5.74, 6) is 1.43. The number of allylic oxidation sites excluding steroid dienone is 2. The zero-order valence-electron chi connectivity index (χ0n) is 18.4. The molecule has 1 rings (SSSR count). The van der Waals surface area contributed by atoms with Crippen LogP contribution in [0, 0.1) is 0 Å². The predicted octanol–water partition coefficient (Wildman–Crippen LogP) is 5.13. The minimum absolute atomic E-state index is 0.103. The Kier molecular flexibility index (Phi) is 14.6. The summed E-state index contributed by atoms with van der Waals surface area (Å²) in [6, 6.07) is 5.68. The molecule has 0 fully saturated rings. The third-order valence-electron chi connectivity index (χ3n) is 4.76. The first kappa shape index (κ1) is 25.0. The lowest BCUT2D eigenvalue weighted by Gasteiger charge is -2.12. The number of ether oxygens (including phenoxy) is 2. The van der Waals surface area contributed by atoms with Crippen molar-refractivity contribution in [1.29, 1.82) is 0 Å². The number of carbonyl (C=O) groups is 1. The summed E-state index contributed by atoms with van der Waals surface area (Å²) in [6.45, 7) is 3.62. The highest BCUT2D eigenvalue weighted by atomic mass is 16.5. The Morgan fingerprint density at radius 1 is 1.03 bits per heavy atom. The Hall–Kier alpha value is -2.01. The van der Waals surface area contributed by atoms with Gasteiger partial charge in [0.25, 0.3) is 0 Å². The van der Waals surface area contributed by atoms with Gasteiger partial charge in [0.15, 0.2) is 11.5 Å². The lowest BCUT2D eigenvalue weighted by molar-refractivity contribution is -0.121. The van der Waals surface area contributed by atoms with Gasteiger partial charge in [-0.15, -0.1) is 0 Å². The molecule has 0 aliphatic rings. The van der Waals surface area contributed by atoms with Crippen LogP contribution in [0.3, 0.4) is 0 Å². The number of hydrogen-bond donors (Lipinski definition) is 2. The monoisotopic (exact) mass is 404 g/mol. The first-order chi connectivity index (χ1) is 14.2. The zero-order chi connectivity index (χ0) is 21.2. The second-order valence-corrected chi connectivity index (χ2v) is 7.32. The van der Waals surface area contributed by atoms with E-state index in [1.54, 1.807) is 7.11 Å². The second-order valence-electron chi connectivity index (χ2n) is 7.32. The SMILES string of the molecule is CCCCC=CCCCCCCCC(=O)NCc1ccc(OCCN)c(OC)c1. The largest absolute Gasteiger partial charge is 0.493 e. The van der Waals surface area contributed by atoms with E-state index in [4.69, 9.17) is 15.2 Å². The molecule has 5 heteroatoms. The van der Waals surface area contributed by atoms with Crippen molar-refractivity contribution in [2.45, 2.75) is 77.7 Å². The van der Waals surface area contributed by atoms with Crippen molar-refractivity contribution >= 4 is 5.91 Å². The number of methoxy groups -OCH3 is 1. The molecule has 0 radical (unpaired) electrons. The summed E-state index contributed by atoms with van der Waals surface area (Å²) in [7, 11) is 1.61. The van der Waals surface area contributed by atoms with Crippen LogP contribution in [0.2, 0.25) is 0 Å². The average molecular weight is 405 g/mol. The fourth-order valence-corrected chi connectivity index (χ4v) is 3.03. The van der Waals surface area contributed by atoms with E-state index in [-0.39, 0.29) is 5.91 Å². The van der Waals surface area contributed by atoms with Gasteiger partial charge in [0.05, 0.1) is 7.11 Å². The highest BCUT2D eigenvalue weighted by molar-refractivity contribution is 5.75. The van der Waals surface area contributed by atoms with Crippen LogP contribution in [-0.2, 0) is 11.3 Å². The molecule has 0 saturated carbocycles. The Balaban J connectivity index is 2.12. The van der Waals surface area contributed by atoms with E-state index in [0.717, 1.165) is 18.4 Å². The molecule has 0 atom stereocenters. The molecule has 0 spiro atoms. The van der Waals surface area contributed by atoms with Gasteiger partial charge in [0.1, 0.15) is 6.61 Å². The molecule has 0 heterocycles. The number of rotatable bonds is 17. The molecule has 5 nitrogen and oxygen atoms in total. The molecule has 3 N–H and O–H groups in total. The predicted molar refractivity (Wildman–Crippen MR) is 120 cm³/mol. The number of carbonyl (C=O) groups excluding carboxylic acids is 1. The molecule has 0 saturated heterocycles. The minimum Gasteiger partial charge on any atom is -0.493 e. The van der Waals surface area contributed by atoms with Gasteiger partial charge in [-0.05, 0) is 43.4 Å². The third kappa shape index (κ3) is 12.2. The van der Waals surface area contributed by atoms with Gasteiger partial charge >= 0.3 is 0 Å². The number of hydrogen-bond acceptors (Lipinski definition) is 4. The number of nitrogens with two attached hydrogens (primary N) is 1. The molecular weight excluding hydrogens is 364 g/mol. The topological polar surface area (TPSA) is 73.6 Å². The number of amides is 1. The molecule has 1 aromatic carbocycles. The molecule has 164 valence electrons. The molecule has 1 aromatic rings. The normalized spacial score (nSPS) is 11.0. The van der Waals surface area contributed by atoms with Crippen molar-refractivity contribution < 1.29 is 14.3 Å². The smallest absolute Gasteiger partial charge is 0.220 e. The van der Waals surface area contributed by atoms with Crippen LogP contribution in [0.4, 0.5) is 0 Å². The maximum atomic E-state index is 12.0. The van der Waals surface area contributed by atoms with Crippen molar-refractivity contribution in [3.8, 4) is 11.5 Å². The number of nitrogens with one attached hydrogen (secondary N) is 1. The Morgan fingerprint density at radius 2 is 1.76 bits per heavy atom. The van der Waals surface area contributed by atoms with E-state index < -0.39 is 0 Å². The maximum absolute atomic E-state index is 12.0. The van der Waals surface area contributed by atoms with Gasteiger partial charge in [-0.1, -0.05) is 57.2 Å². The van der Waals surface area contributed by atoms with Crippen molar-refractivity contribution in [3.63, 3.8) is 0 Å². The van der Waals surface area contributed by atoms with E-state index in [9.17, 15) is 4.79 Å². The Morgan fingerprint density at radius 3 is 2.48 bits per heavy atom. The van der Waals surface area contributed by atoms with Crippen LogP contribution >= 0.6 is 0 Å². The van der Waals surface area contributed by atoms with Crippen molar-refractivity contribution in [3.05, 3.63) is 35.9 Å². The van der Waals surface area contributed by atoms with Crippen LogP contribution in [0.15, 0.2) is 30.4 Å². The standard InChI is InChI=1S/C24H40N2O3/c1-3-4-5-6-7-8-9-10-11-12-13-14-24(27)26-20-21-15-16-22(29-18-17-25)23(19-21)28-2/h6-7,15-16,19H,3-5,8-14,17-18,20,25H2,1-2H3,(H,26,27). The Bertz CT molecular complexity index is 587. The van der Waals surface area contributed by atoms with E-state index in [0.29, 0.717) is 37.6 Å². The van der Waals surface area contributed by atoms with Crippen molar-refractivity contribution in [2.24, 2.45) is 5.73 Å². The van der Waals surface area contributed by atoms with Gasteiger partial charge in [0.2, 0.25) is 5.91 Å². The molecule has 0 aliphatic carbocycles. The molecule has 0 bridgehead atoms. The average Bonchev–Trinajstić information content (AvgIpc) is 2.74. The summed E-state index contributed by atoms with van der Waals surface area (Å²) < 4.78 is 10.9. The number of unbranched alkanes of at least 4 members (excludes halogenated alkanes) is 7. The quantitative estimate of drug-likeness (QED) is 0.279. The fourth-order valence-electron chi connectivity index (χ4n) is 3.03. The highest BCUT2D eigenvalue weighted by Crippen LogP contribution is 2.27. The lowest BCUT2D eigenvalue weighted by Crippen LogP contribution is -2.22. The summed E-state index contributed by atoms with van der Waals surface area (Å²) in [4.78, 5) is 12.0. The second kappa shape index (κ2) is 16.9. The molecule has 0 aromatic heterocycles. The van der Waals surface area contributed by atoms with Gasteiger partial charge < -0.3 is 20.5 Å². The van der Waals surface area contributed by atoms with Crippen LogP contribution in [-0.4, -0.2) is 26.2 Å². The van der Waals surface area contributed by atoms with Gasteiger partial charge in [-0.3, -0.25) is 4.79 Å². The summed E-state index contributed by atoms with van der Waals surface area (Å²) >= 11 is 0. The van der Waals surface area contributed by atoms with Gasteiger partial charge in [0, 0.05) is 19.5 Å². The number of benzene rings is 1. The Labute approximate surface area is 177 Å². The zero-order valence-corrected chi connectivity index (χ0v) is 18.4. The molecule has 0 unspecified atom stereocenters. The summed E-state index contributed by atoms with van der Waals surface area (Å²) in [6.07, 6.45) is 15.9. The van der Waals surface area contributed by atoms with E-state index in [1.807, 2.05) is 18.2 Å². The van der Waals surface area contributed by atoms with Crippen molar-refractivity contribution in [1.82, 2.24) is 5.32 Å². The molecule has 1 amide bonds. The van der Waals surface area contributed by atoms with Crippen LogP contribution in [0.25, 0.3) is 0 Å². The summed E-state index contributed by atoms with van der Waals surface area (Å²) in [5.41, 5.74) is 6.45. The highest BCUT2D eigenvalue weighted by Gasteiger charge is 2.07. The van der Waals surface area contributed by atoms with E-state index >= 15 is 0 Å². The molecular formula is C24H40N2O3. The molecule has 29 heavy (non-hydrogen) atoms. The first-order valence-corrected chi connectivity index (χ1v) is 11.1. The molecule has 0 aliphatic heterocycles. The fraction of sp³-hybridized carbons (Fsp3) is 0.625. The van der Waals surface area contributed by atoms with Crippen LogP contribution in [0.5, 0.6) is 11.5 Å². The van der Waals surface area contributed by atoms with Crippen molar-refractivity contribution in [2.75, 3.05) is 20.3 Å². The van der Waals surface area contributed by atoms with E-state index in [1.165, 1.54) is 44.9 Å². The summed E-state index contributed by atoms with van der Waals surface area (Å²) in [5, 5.41) is 2.98. The van der Waals surface area contributed by atoms with Gasteiger partial charge in [-0.25, -0.2) is 0 Å². The third-order valence-corrected chi connectivity index (χ3v) is 4.76. The maximum Gasteiger partial charge on any atom is 0.220 e.